The average molecular weight is 497 g/mol. The third kappa shape index (κ3) is 5.35. The van der Waals surface area contributed by atoms with Crippen molar-refractivity contribution in [2.75, 3.05) is 0 Å². The van der Waals surface area contributed by atoms with Crippen LogP contribution in [0.5, 0.6) is 0 Å². The molecule has 0 spiro atoms. The third-order valence-electron chi connectivity index (χ3n) is 4.02. The normalized spacial score (nSPS) is 11.4. The first kappa shape index (κ1) is 20.4. The number of nitrogens with one attached hydrogen (secondary N) is 1. The number of allylic oxidation sites excluding steroid dienone is 1. The molecule has 0 atom stereocenters. The van der Waals surface area contributed by atoms with E-state index in [1.54, 1.807) is 42.5 Å². The molecule has 0 radical (unpaired) electrons. The number of benzene rings is 3. The van der Waals surface area contributed by atoms with E-state index in [1.807, 2.05) is 42.5 Å². The van der Waals surface area contributed by atoms with Crippen LogP contribution in [0.25, 0.3) is 6.08 Å². The molecular formula is C22H16IN3O3. The highest BCUT2D eigenvalue weighted by Gasteiger charge is 2.11. The number of nitro groups is 1. The van der Waals surface area contributed by atoms with E-state index in [2.05, 4.69) is 33.1 Å². The second-order valence-corrected chi connectivity index (χ2v) is 7.10. The maximum absolute atomic E-state index is 12.5. The van der Waals surface area contributed by atoms with Crippen LogP contribution in [-0.2, 0) is 0 Å². The van der Waals surface area contributed by atoms with Gasteiger partial charge in [-0.1, -0.05) is 54.6 Å². The van der Waals surface area contributed by atoms with Crippen molar-refractivity contribution in [2.24, 2.45) is 5.10 Å². The summed E-state index contributed by atoms with van der Waals surface area (Å²) in [6.45, 7) is 0. The molecule has 1 amide bonds. The zero-order valence-corrected chi connectivity index (χ0v) is 17.3. The number of hydrazone groups is 1. The highest BCUT2D eigenvalue weighted by atomic mass is 127. The summed E-state index contributed by atoms with van der Waals surface area (Å²) >= 11 is 2.09. The van der Waals surface area contributed by atoms with Gasteiger partial charge in [-0.2, -0.15) is 5.10 Å². The maximum atomic E-state index is 12.5. The topological polar surface area (TPSA) is 84.6 Å². The first-order chi connectivity index (χ1) is 14.1. The van der Waals surface area contributed by atoms with E-state index in [4.69, 9.17) is 0 Å². The summed E-state index contributed by atoms with van der Waals surface area (Å²) in [4.78, 5) is 23.3. The molecule has 6 nitrogen and oxygen atoms in total. The van der Waals surface area contributed by atoms with E-state index in [-0.39, 0.29) is 11.6 Å². The predicted octanol–water partition coefficient (Wildman–Crippen LogP) is 5.05. The smallest absolute Gasteiger partial charge is 0.267 e. The van der Waals surface area contributed by atoms with Gasteiger partial charge in [0.25, 0.3) is 11.6 Å². The summed E-state index contributed by atoms with van der Waals surface area (Å²) in [6.07, 6.45) is 3.26. The van der Waals surface area contributed by atoms with Crippen molar-refractivity contribution in [2.45, 2.75) is 0 Å². The molecule has 3 aromatic rings. The highest BCUT2D eigenvalue weighted by Crippen LogP contribution is 2.19. The molecule has 144 valence electrons. The van der Waals surface area contributed by atoms with E-state index in [0.717, 1.165) is 9.13 Å². The minimum absolute atomic E-state index is 0.000892. The summed E-state index contributed by atoms with van der Waals surface area (Å²) < 4.78 is 0.814. The van der Waals surface area contributed by atoms with E-state index in [1.165, 1.54) is 6.07 Å². The fourth-order valence-electron chi connectivity index (χ4n) is 2.59. The molecule has 0 saturated carbocycles. The Kier molecular flexibility index (Phi) is 6.85. The fraction of sp³-hybridized carbons (Fsp3) is 0. The second-order valence-electron chi connectivity index (χ2n) is 5.93. The van der Waals surface area contributed by atoms with Crippen molar-refractivity contribution >= 4 is 46.0 Å². The van der Waals surface area contributed by atoms with E-state index in [0.29, 0.717) is 16.8 Å². The summed E-state index contributed by atoms with van der Waals surface area (Å²) in [7, 11) is 0. The van der Waals surface area contributed by atoms with Crippen LogP contribution >= 0.6 is 22.6 Å². The number of para-hydroxylation sites is 1. The predicted molar refractivity (Wildman–Crippen MR) is 122 cm³/mol. The molecule has 0 heterocycles. The van der Waals surface area contributed by atoms with Crippen LogP contribution in [0.3, 0.4) is 0 Å². The van der Waals surface area contributed by atoms with Crippen molar-refractivity contribution in [3.8, 4) is 0 Å². The van der Waals surface area contributed by atoms with E-state index >= 15 is 0 Å². The molecule has 3 rings (SSSR count). The molecule has 3 aromatic carbocycles. The quantitative estimate of drug-likeness (QED) is 0.224. The van der Waals surface area contributed by atoms with Crippen molar-refractivity contribution < 1.29 is 9.72 Å². The molecule has 0 fully saturated rings. The Hall–Kier alpha value is -3.33. The van der Waals surface area contributed by atoms with Gasteiger partial charge in [0.05, 0.1) is 21.8 Å². The van der Waals surface area contributed by atoms with Crippen molar-refractivity contribution in [1.29, 1.82) is 0 Å². The van der Waals surface area contributed by atoms with Gasteiger partial charge in [-0.3, -0.25) is 14.9 Å². The molecule has 0 aliphatic rings. The van der Waals surface area contributed by atoms with Crippen LogP contribution in [0.4, 0.5) is 5.69 Å². The molecule has 0 bridgehead atoms. The number of carbonyl (C=O) groups is 1. The molecule has 0 unspecified atom stereocenters. The van der Waals surface area contributed by atoms with Gasteiger partial charge in [-0.25, -0.2) is 5.43 Å². The largest absolute Gasteiger partial charge is 0.276 e. The standard InChI is InChI=1S/C22H16IN3O3/c23-19-12-6-5-11-18(19)22(27)25-24-20(16-8-2-1-3-9-16)15-14-17-10-4-7-13-21(17)26(28)29/h1-15H,(H,25,27). The molecule has 0 aliphatic heterocycles. The van der Waals surface area contributed by atoms with Gasteiger partial charge in [0.1, 0.15) is 0 Å². The minimum atomic E-state index is -0.432. The molecule has 0 aromatic heterocycles. The summed E-state index contributed by atoms with van der Waals surface area (Å²) in [5.41, 5.74) is 4.78. The van der Waals surface area contributed by atoms with Crippen LogP contribution in [0.1, 0.15) is 21.5 Å². The second kappa shape index (κ2) is 9.74. The Morgan fingerprint density at radius 3 is 2.34 bits per heavy atom. The number of amides is 1. The van der Waals surface area contributed by atoms with Crippen molar-refractivity contribution in [3.05, 3.63) is 115 Å². The summed E-state index contributed by atoms with van der Waals surface area (Å²) in [5, 5.41) is 15.5. The lowest BCUT2D eigenvalue weighted by molar-refractivity contribution is -0.385. The first-order valence-electron chi connectivity index (χ1n) is 8.66. The lowest BCUT2D eigenvalue weighted by Gasteiger charge is -2.05. The number of nitro benzene ring substituents is 1. The van der Waals surface area contributed by atoms with E-state index < -0.39 is 4.92 Å². The van der Waals surface area contributed by atoms with Gasteiger partial charge in [0.2, 0.25) is 0 Å². The van der Waals surface area contributed by atoms with Crippen molar-refractivity contribution in [1.82, 2.24) is 5.43 Å². The number of hydrogen-bond acceptors (Lipinski definition) is 4. The number of hydrogen-bond donors (Lipinski definition) is 1. The molecule has 1 N–H and O–H groups in total. The SMILES string of the molecule is O=C(NN=C(C=Cc1ccccc1[N+](=O)[O-])c1ccccc1)c1ccccc1I. The number of carbonyl (C=O) groups excluding carboxylic acids is 1. The molecular weight excluding hydrogens is 481 g/mol. The van der Waals surface area contributed by atoms with Gasteiger partial charge in [-0.05, 0) is 52.9 Å². The minimum Gasteiger partial charge on any atom is -0.267 e. The van der Waals surface area contributed by atoms with Gasteiger partial charge in [-0.15, -0.1) is 0 Å². The molecule has 29 heavy (non-hydrogen) atoms. The zero-order valence-electron chi connectivity index (χ0n) is 15.2. The zero-order chi connectivity index (χ0) is 20.6. The van der Waals surface area contributed by atoms with Gasteiger partial charge >= 0.3 is 0 Å². The maximum Gasteiger partial charge on any atom is 0.276 e. The number of nitrogens with zero attached hydrogens (tertiary/aromatic N) is 2. The number of rotatable bonds is 6. The lowest BCUT2D eigenvalue weighted by Crippen LogP contribution is -2.20. The van der Waals surface area contributed by atoms with Gasteiger partial charge in [0, 0.05) is 15.2 Å². The Balaban J connectivity index is 1.92. The van der Waals surface area contributed by atoms with Crippen LogP contribution in [0.2, 0.25) is 0 Å². The Bertz CT molecular complexity index is 1100. The molecule has 7 heteroatoms. The average Bonchev–Trinajstić information content (AvgIpc) is 2.74. The van der Waals surface area contributed by atoms with Gasteiger partial charge in [0.15, 0.2) is 0 Å². The summed E-state index contributed by atoms with van der Waals surface area (Å²) in [5.74, 6) is -0.331. The number of halogens is 1. The van der Waals surface area contributed by atoms with Crippen LogP contribution in [-0.4, -0.2) is 16.5 Å². The molecule has 0 aliphatic carbocycles. The highest BCUT2D eigenvalue weighted by molar-refractivity contribution is 14.1. The monoisotopic (exact) mass is 497 g/mol. The van der Waals surface area contributed by atoms with E-state index in [9.17, 15) is 14.9 Å². The Morgan fingerprint density at radius 2 is 1.62 bits per heavy atom. The molecule has 0 saturated heterocycles. The van der Waals surface area contributed by atoms with Crippen LogP contribution in [0.15, 0.2) is 90.0 Å². The summed E-state index contributed by atoms with van der Waals surface area (Å²) in [6, 6.07) is 22.9. The van der Waals surface area contributed by atoms with Gasteiger partial charge < -0.3 is 0 Å². The van der Waals surface area contributed by atoms with Crippen LogP contribution in [0, 0.1) is 13.7 Å². The lowest BCUT2D eigenvalue weighted by atomic mass is 10.1. The Morgan fingerprint density at radius 1 is 0.966 bits per heavy atom. The fourth-order valence-corrected chi connectivity index (χ4v) is 3.22. The third-order valence-corrected chi connectivity index (χ3v) is 4.96. The first-order valence-corrected chi connectivity index (χ1v) is 9.73. The Labute approximate surface area is 181 Å². The van der Waals surface area contributed by atoms with Crippen molar-refractivity contribution in [3.63, 3.8) is 0 Å². The van der Waals surface area contributed by atoms with Crippen LogP contribution < -0.4 is 5.43 Å².